The van der Waals surface area contributed by atoms with E-state index in [0.29, 0.717) is 6.54 Å². The number of hydrogen-bond donors (Lipinski definition) is 1. The summed E-state index contributed by atoms with van der Waals surface area (Å²) >= 11 is 1.81. The average Bonchev–Trinajstić information content (AvgIpc) is 2.36. The lowest BCUT2D eigenvalue weighted by molar-refractivity contribution is 1.03. The van der Waals surface area contributed by atoms with Crippen molar-refractivity contribution in [2.45, 2.75) is 37.1 Å². The van der Waals surface area contributed by atoms with Crippen molar-refractivity contribution in [2.75, 3.05) is 0 Å². The molecule has 0 spiro atoms. The van der Waals surface area contributed by atoms with Crippen molar-refractivity contribution in [1.29, 1.82) is 0 Å². The molecule has 0 fully saturated rings. The summed E-state index contributed by atoms with van der Waals surface area (Å²) in [5, 5.41) is 0. The molecule has 0 saturated heterocycles. The van der Waals surface area contributed by atoms with Crippen LogP contribution >= 0.6 is 11.8 Å². The van der Waals surface area contributed by atoms with Gasteiger partial charge in [-0.3, -0.25) is 0 Å². The van der Waals surface area contributed by atoms with E-state index in [9.17, 15) is 0 Å². The molecule has 18 heavy (non-hydrogen) atoms. The van der Waals surface area contributed by atoms with E-state index in [4.69, 9.17) is 5.73 Å². The third kappa shape index (κ3) is 2.77. The first-order valence-electron chi connectivity index (χ1n) is 6.15. The van der Waals surface area contributed by atoms with Crippen molar-refractivity contribution < 1.29 is 0 Å². The second-order valence-corrected chi connectivity index (χ2v) is 5.70. The quantitative estimate of drug-likeness (QED) is 0.891. The number of nitrogens with two attached hydrogens (primary N) is 1. The molecule has 0 aliphatic heterocycles. The van der Waals surface area contributed by atoms with Gasteiger partial charge in [0.25, 0.3) is 0 Å². The normalized spacial score (nSPS) is 10.7. The van der Waals surface area contributed by atoms with Crippen molar-refractivity contribution in [3.63, 3.8) is 0 Å². The third-order valence-corrected chi connectivity index (χ3v) is 4.48. The average molecular weight is 257 g/mol. The first-order chi connectivity index (χ1) is 8.61. The van der Waals surface area contributed by atoms with Crippen LogP contribution in [0.1, 0.15) is 22.3 Å². The highest BCUT2D eigenvalue weighted by Gasteiger charge is 2.06. The van der Waals surface area contributed by atoms with Crippen LogP contribution < -0.4 is 5.73 Å². The van der Waals surface area contributed by atoms with Gasteiger partial charge in [-0.25, -0.2) is 0 Å². The summed E-state index contributed by atoms with van der Waals surface area (Å²) in [4.78, 5) is 2.57. The predicted octanol–water partition coefficient (Wildman–Crippen LogP) is 4.22. The molecule has 0 aliphatic carbocycles. The van der Waals surface area contributed by atoms with E-state index >= 15 is 0 Å². The third-order valence-electron chi connectivity index (χ3n) is 3.20. The first kappa shape index (κ1) is 13.2. The molecule has 94 valence electrons. The van der Waals surface area contributed by atoms with Crippen LogP contribution in [-0.4, -0.2) is 0 Å². The topological polar surface area (TPSA) is 26.0 Å². The fourth-order valence-electron chi connectivity index (χ4n) is 1.93. The number of aryl methyl sites for hydroxylation is 3. The standard InChI is InChI=1S/C16H19NS/c1-11-8-13(3)16(9-12(11)2)18-15-7-5-4-6-14(15)10-17/h4-9H,10,17H2,1-3H3. The lowest BCUT2D eigenvalue weighted by Gasteiger charge is -2.11. The molecule has 2 heteroatoms. The zero-order valence-corrected chi connectivity index (χ0v) is 12.0. The van der Waals surface area contributed by atoms with Gasteiger partial charge in [-0.05, 0) is 55.2 Å². The molecule has 0 aliphatic rings. The fourth-order valence-corrected chi connectivity index (χ4v) is 3.06. The van der Waals surface area contributed by atoms with Crippen LogP contribution in [0.2, 0.25) is 0 Å². The Labute approximate surface area is 113 Å². The van der Waals surface area contributed by atoms with Gasteiger partial charge < -0.3 is 5.73 Å². The van der Waals surface area contributed by atoms with Crippen LogP contribution in [0.15, 0.2) is 46.2 Å². The van der Waals surface area contributed by atoms with Gasteiger partial charge in [-0.15, -0.1) is 0 Å². The van der Waals surface area contributed by atoms with E-state index in [2.05, 4.69) is 51.1 Å². The van der Waals surface area contributed by atoms with Gasteiger partial charge in [0.15, 0.2) is 0 Å². The van der Waals surface area contributed by atoms with Gasteiger partial charge >= 0.3 is 0 Å². The summed E-state index contributed by atoms with van der Waals surface area (Å²) in [5.74, 6) is 0. The predicted molar refractivity (Wildman–Crippen MR) is 79.1 cm³/mol. The summed E-state index contributed by atoms with van der Waals surface area (Å²) in [6.45, 7) is 7.07. The van der Waals surface area contributed by atoms with E-state index in [1.807, 2.05) is 17.8 Å². The monoisotopic (exact) mass is 257 g/mol. The summed E-state index contributed by atoms with van der Waals surface area (Å²) in [5.41, 5.74) is 11.0. The highest BCUT2D eigenvalue weighted by atomic mass is 32.2. The summed E-state index contributed by atoms with van der Waals surface area (Å²) in [6.07, 6.45) is 0. The minimum atomic E-state index is 0.590. The molecule has 2 N–H and O–H groups in total. The lowest BCUT2D eigenvalue weighted by atomic mass is 10.1. The van der Waals surface area contributed by atoms with E-state index in [0.717, 1.165) is 0 Å². The molecule has 2 aromatic rings. The van der Waals surface area contributed by atoms with E-state index in [-0.39, 0.29) is 0 Å². The van der Waals surface area contributed by atoms with Gasteiger partial charge in [0.2, 0.25) is 0 Å². The second kappa shape index (κ2) is 5.59. The minimum Gasteiger partial charge on any atom is -0.326 e. The molecule has 0 bridgehead atoms. The van der Waals surface area contributed by atoms with Crippen molar-refractivity contribution in [3.05, 3.63) is 58.7 Å². The molecule has 0 saturated carbocycles. The van der Waals surface area contributed by atoms with Crippen LogP contribution in [0, 0.1) is 20.8 Å². The molecule has 0 amide bonds. The number of benzene rings is 2. The van der Waals surface area contributed by atoms with Gasteiger partial charge in [-0.1, -0.05) is 36.0 Å². The molecule has 2 aromatic carbocycles. The Kier molecular flexibility index (Phi) is 4.10. The maximum absolute atomic E-state index is 5.78. The SMILES string of the molecule is Cc1cc(C)c(Sc2ccccc2CN)cc1C. The zero-order valence-electron chi connectivity index (χ0n) is 11.2. The summed E-state index contributed by atoms with van der Waals surface area (Å²) in [7, 11) is 0. The summed E-state index contributed by atoms with van der Waals surface area (Å²) < 4.78 is 0. The van der Waals surface area contributed by atoms with E-state index in [1.165, 1.54) is 32.0 Å². The van der Waals surface area contributed by atoms with Crippen molar-refractivity contribution in [1.82, 2.24) is 0 Å². The molecular weight excluding hydrogens is 238 g/mol. The number of rotatable bonds is 3. The molecule has 0 unspecified atom stereocenters. The fraction of sp³-hybridized carbons (Fsp3) is 0.250. The van der Waals surface area contributed by atoms with Gasteiger partial charge in [0, 0.05) is 16.3 Å². The van der Waals surface area contributed by atoms with E-state index in [1.54, 1.807) is 0 Å². The van der Waals surface area contributed by atoms with Gasteiger partial charge in [-0.2, -0.15) is 0 Å². The number of hydrogen-bond acceptors (Lipinski definition) is 2. The molecular formula is C16H19NS. The Bertz CT molecular complexity index is 561. The lowest BCUT2D eigenvalue weighted by Crippen LogP contribution is -1.98. The Hall–Kier alpha value is -1.25. The van der Waals surface area contributed by atoms with Gasteiger partial charge in [0.05, 0.1) is 0 Å². The maximum atomic E-state index is 5.78. The smallest absolute Gasteiger partial charge is 0.0189 e. The molecule has 0 heterocycles. The van der Waals surface area contributed by atoms with Crippen LogP contribution in [0.5, 0.6) is 0 Å². The Balaban J connectivity index is 2.37. The first-order valence-corrected chi connectivity index (χ1v) is 6.97. The molecule has 2 rings (SSSR count). The van der Waals surface area contributed by atoms with Gasteiger partial charge in [0.1, 0.15) is 0 Å². The molecule has 0 aromatic heterocycles. The second-order valence-electron chi connectivity index (χ2n) is 4.62. The maximum Gasteiger partial charge on any atom is 0.0189 e. The van der Waals surface area contributed by atoms with Crippen molar-refractivity contribution in [2.24, 2.45) is 5.73 Å². The zero-order chi connectivity index (χ0) is 13.1. The molecule has 0 radical (unpaired) electrons. The highest BCUT2D eigenvalue weighted by molar-refractivity contribution is 7.99. The highest BCUT2D eigenvalue weighted by Crippen LogP contribution is 2.33. The Morgan fingerprint density at radius 3 is 2.28 bits per heavy atom. The summed E-state index contributed by atoms with van der Waals surface area (Å²) in [6, 6.07) is 12.9. The van der Waals surface area contributed by atoms with E-state index < -0.39 is 0 Å². The largest absolute Gasteiger partial charge is 0.326 e. The van der Waals surface area contributed by atoms with Crippen molar-refractivity contribution in [3.8, 4) is 0 Å². The van der Waals surface area contributed by atoms with Crippen LogP contribution in [0.3, 0.4) is 0 Å². The Morgan fingerprint density at radius 2 is 1.56 bits per heavy atom. The molecule has 1 nitrogen and oxygen atoms in total. The van der Waals surface area contributed by atoms with Crippen molar-refractivity contribution >= 4 is 11.8 Å². The van der Waals surface area contributed by atoms with Crippen LogP contribution in [0.4, 0.5) is 0 Å². The molecule has 0 atom stereocenters. The van der Waals surface area contributed by atoms with Crippen LogP contribution in [0.25, 0.3) is 0 Å². The Morgan fingerprint density at radius 1 is 0.889 bits per heavy atom. The minimum absolute atomic E-state index is 0.590. The van der Waals surface area contributed by atoms with Crippen LogP contribution in [-0.2, 0) is 6.54 Å².